The summed E-state index contributed by atoms with van der Waals surface area (Å²) in [6.07, 6.45) is 1.35. The molecular weight excluding hydrogens is 366 g/mol. The summed E-state index contributed by atoms with van der Waals surface area (Å²) >= 11 is 5.82. The highest BCUT2D eigenvalue weighted by molar-refractivity contribution is 6.30. The maximum atomic E-state index is 12.3. The summed E-state index contributed by atoms with van der Waals surface area (Å²) in [5.74, 6) is -0.580. The van der Waals surface area contributed by atoms with Crippen molar-refractivity contribution >= 4 is 35.0 Å². The maximum absolute atomic E-state index is 12.3. The monoisotopic (exact) mass is 385 g/mol. The largest absolute Gasteiger partial charge is 0.350 e. The van der Waals surface area contributed by atoms with E-state index < -0.39 is 0 Å². The van der Waals surface area contributed by atoms with E-state index in [0.29, 0.717) is 35.8 Å². The third kappa shape index (κ3) is 5.08. The van der Waals surface area contributed by atoms with Gasteiger partial charge in [0.15, 0.2) is 0 Å². The average molecular weight is 386 g/mol. The minimum Gasteiger partial charge on any atom is -0.350 e. The Morgan fingerprint density at radius 3 is 2.56 bits per heavy atom. The zero-order chi connectivity index (χ0) is 19.2. The summed E-state index contributed by atoms with van der Waals surface area (Å²) < 4.78 is 0. The molecule has 1 heterocycles. The molecule has 0 aliphatic carbocycles. The minimum atomic E-state index is -0.356. The molecule has 0 radical (unpaired) electrons. The zero-order valence-corrected chi connectivity index (χ0v) is 15.5. The van der Waals surface area contributed by atoms with Gasteiger partial charge in [-0.2, -0.15) is 0 Å². The van der Waals surface area contributed by atoms with Crippen molar-refractivity contribution in [2.24, 2.45) is 0 Å². The molecule has 2 N–H and O–H groups in total. The minimum absolute atomic E-state index is 0.0640. The van der Waals surface area contributed by atoms with Crippen LogP contribution >= 0.6 is 11.6 Å². The number of anilines is 1. The van der Waals surface area contributed by atoms with Crippen LogP contribution in [0.1, 0.15) is 28.8 Å². The van der Waals surface area contributed by atoms with E-state index in [1.54, 1.807) is 41.3 Å². The second-order valence-corrected chi connectivity index (χ2v) is 6.72. The molecule has 1 aliphatic heterocycles. The molecule has 2 aromatic carbocycles. The first-order valence-corrected chi connectivity index (χ1v) is 9.10. The van der Waals surface area contributed by atoms with E-state index >= 15 is 0 Å². The number of carbonyl (C=O) groups is 3. The van der Waals surface area contributed by atoms with E-state index in [2.05, 4.69) is 10.6 Å². The van der Waals surface area contributed by atoms with Crippen molar-refractivity contribution in [3.8, 4) is 0 Å². The lowest BCUT2D eigenvalue weighted by Crippen LogP contribution is -2.36. The molecule has 0 unspecified atom stereocenters. The fourth-order valence-corrected chi connectivity index (χ4v) is 2.99. The number of rotatable bonds is 6. The first kappa shape index (κ1) is 18.9. The molecule has 0 atom stereocenters. The molecule has 0 bridgehead atoms. The summed E-state index contributed by atoms with van der Waals surface area (Å²) in [6.45, 7) is 0.898. The fourth-order valence-electron chi connectivity index (χ4n) is 2.86. The van der Waals surface area contributed by atoms with Gasteiger partial charge in [0.1, 0.15) is 0 Å². The van der Waals surface area contributed by atoms with Crippen molar-refractivity contribution in [3.05, 3.63) is 64.7 Å². The van der Waals surface area contributed by atoms with E-state index in [0.717, 1.165) is 12.0 Å². The van der Waals surface area contributed by atoms with E-state index in [1.807, 2.05) is 12.1 Å². The van der Waals surface area contributed by atoms with Crippen LogP contribution in [0.25, 0.3) is 0 Å². The lowest BCUT2D eigenvalue weighted by atomic mass is 10.1. The number of hydrogen-bond donors (Lipinski definition) is 2. The topological polar surface area (TPSA) is 78.5 Å². The van der Waals surface area contributed by atoms with Crippen LogP contribution in [0.5, 0.6) is 0 Å². The lowest BCUT2D eigenvalue weighted by molar-refractivity contribution is -0.120. The van der Waals surface area contributed by atoms with Crippen LogP contribution in [0.3, 0.4) is 0 Å². The van der Waals surface area contributed by atoms with Gasteiger partial charge < -0.3 is 15.5 Å². The van der Waals surface area contributed by atoms with Crippen LogP contribution in [0, 0.1) is 0 Å². The number of amides is 3. The number of carbonyl (C=O) groups excluding carboxylic acids is 3. The highest BCUT2D eigenvalue weighted by atomic mass is 35.5. The van der Waals surface area contributed by atoms with Crippen molar-refractivity contribution in [3.63, 3.8) is 0 Å². The number of benzene rings is 2. The van der Waals surface area contributed by atoms with Gasteiger partial charge in [-0.3, -0.25) is 14.4 Å². The molecule has 7 heteroatoms. The Hall–Kier alpha value is -2.86. The Morgan fingerprint density at radius 2 is 1.85 bits per heavy atom. The molecule has 0 saturated carbocycles. The average Bonchev–Trinajstić information content (AvgIpc) is 3.11. The SMILES string of the molecule is O=C(CNC(=O)c1cccc(N2CCCC2=O)c1)NCc1ccc(Cl)cc1. The molecule has 6 nitrogen and oxygen atoms in total. The number of hydrogen-bond acceptors (Lipinski definition) is 3. The zero-order valence-electron chi connectivity index (χ0n) is 14.7. The molecule has 3 amide bonds. The second-order valence-electron chi connectivity index (χ2n) is 6.29. The smallest absolute Gasteiger partial charge is 0.251 e. The molecule has 1 saturated heterocycles. The summed E-state index contributed by atoms with van der Waals surface area (Å²) in [5, 5.41) is 5.97. The van der Waals surface area contributed by atoms with Gasteiger partial charge in [0, 0.05) is 35.8 Å². The normalized spacial score (nSPS) is 13.5. The van der Waals surface area contributed by atoms with E-state index in [-0.39, 0.29) is 24.3 Å². The standard InChI is InChI=1S/C20H20ClN3O3/c21-16-8-6-14(7-9-16)12-22-18(25)13-23-20(27)15-3-1-4-17(11-15)24-10-2-5-19(24)26/h1,3-4,6-9,11H,2,5,10,12-13H2,(H,22,25)(H,23,27). The molecular formula is C20H20ClN3O3. The maximum Gasteiger partial charge on any atom is 0.251 e. The second kappa shape index (κ2) is 8.68. The third-order valence-electron chi connectivity index (χ3n) is 4.31. The highest BCUT2D eigenvalue weighted by Crippen LogP contribution is 2.22. The van der Waals surface area contributed by atoms with Crippen LogP contribution in [0.2, 0.25) is 5.02 Å². The van der Waals surface area contributed by atoms with Crippen molar-refractivity contribution in [2.45, 2.75) is 19.4 Å². The summed E-state index contributed by atoms with van der Waals surface area (Å²) in [7, 11) is 0. The third-order valence-corrected chi connectivity index (χ3v) is 4.56. The molecule has 1 fully saturated rings. The summed E-state index contributed by atoms with van der Waals surface area (Å²) in [6, 6.07) is 14.0. The molecule has 0 aromatic heterocycles. The van der Waals surface area contributed by atoms with Crippen molar-refractivity contribution < 1.29 is 14.4 Å². The summed E-state index contributed by atoms with van der Waals surface area (Å²) in [5.41, 5.74) is 2.04. The van der Waals surface area contributed by atoms with Gasteiger partial charge in [-0.1, -0.05) is 29.8 Å². The Balaban J connectivity index is 1.50. The molecule has 2 aromatic rings. The van der Waals surface area contributed by atoms with Gasteiger partial charge in [-0.05, 0) is 42.3 Å². The summed E-state index contributed by atoms with van der Waals surface area (Å²) in [4.78, 5) is 37.8. The van der Waals surface area contributed by atoms with Gasteiger partial charge >= 0.3 is 0 Å². The van der Waals surface area contributed by atoms with E-state index in [1.165, 1.54) is 0 Å². The molecule has 27 heavy (non-hydrogen) atoms. The first-order chi connectivity index (χ1) is 13.0. The predicted octanol–water partition coefficient (Wildman–Crippen LogP) is 2.51. The van der Waals surface area contributed by atoms with Gasteiger partial charge in [-0.15, -0.1) is 0 Å². The first-order valence-electron chi connectivity index (χ1n) is 8.73. The van der Waals surface area contributed by atoms with Crippen molar-refractivity contribution in [1.82, 2.24) is 10.6 Å². The fraction of sp³-hybridized carbons (Fsp3) is 0.250. The molecule has 1 aliphatic rings. The Morgan fingerprint density at radius 1 is 1.07 bits per heavy atom. The quantitative estimate of drug-likeness (QED) is 0.802. The van der Waals surface area contributed by atoms with Crippen LogP contribution in [-0.4, -0.2) is 30.8 Å². The van der Waals surface area contributed by atoms with Crippen LogP contribution in [-0.2, 0) is 16.1 Å². The number of nitrogens with one attached hydrogen (secondary N) is 2. The van der Waals surface area contributed by atoms with E-state index in [4.69, 9.17) is 11.6 Å². The van der Waals surface area contributed by atoms with Crippen molar-refractivity contribution in [2.75, 3.05) is 18.0 Å². The van der Waals surface area contributed by atoms with Gasteiger partial charge in [-0.25, -0.2) is 0 Å². The van der Waals surface area contributed by atoms with Gasteiger partial charge in [0.2, 0.25) is 11.8 Å². The molecule has 3 rings (SSSR count). The Labute approximate surface area is 162 Å². The van der Waals surface area contributed by atoms with Crippen LogP contribution < -0.4 is 15.5 Å². The lowest BCUT2D eigenvalue weighted by Gasteiger charge is -2.16. The number of halogens is 1. The van der Waals surface area contributed by atoms with Gasteiger partial charge in [0.05, 0.1) is 6.54 Å². The van der Waals surface area contributed by atoms with Gasteiger partial charge in [0.25, 0.3) is 5.91 Å². The molecule has 0 spiro atoms. The Kier molecular flexibility index (Phi) is 6.08. The molecule has 140 valence electrons. The van der Waals surface area contributed by atoms with E-state index in [9.17, 15) is 14.4 Å². The predicted molar refractivity (Wildman–Crippen MR) is 104 cm³/mol. The number of nitrogens with zero attached hydrogens (tertiary/aromatic N) is 1. The van der Waals surface area contributed by atoms with Crippen LogP contribution in [0.15, 0.2) is 48.5 Å². The van der Waals surface area contributed by atoms with Crippen molar-refractivity contribution in [1.29, 1.82) is 0 Å². The van der Waals surface area contributed by atoms with Crippen LogP contribution in [0.4, 0.5) is 5.69 Å². The highest BCUT2D eigenvalue weighted by Gasteiger charge is 2.22. The Bertz CT molecular complexity index is 852.